The van der Waals surface area contributed by atoms with Gasteiger partial charge in [0, 0.05) is 6.08 Å². The van der Waals surface area contributed by atoms with Gasteiger partial charge >= 0.3 is 29.6 Å². The summed E-state index contributed by atoms with van der Waals surface area (Å²) in [5.74, 6) is -0.574. The summed E-state index contributed by atoms with van der Waals surface area (Å²) in [5.41, 5.74) is 0. The Bertz CT molecular complexity index is 127. The molecule has 9 heavy (non-hydrogen) atoms. The van der Waals surface area contributed by atoms with Crippen molar-refractivity contribution >= 4 is 0 Å². The molecule has 0 spiro atoms. The SMILES string of the molecule is CCO/C([O-])=C/C#N.[Na+]. The van der Waals surface area contributed by atoms with Crippen molar-refractivity contribution < 1.29 is 39.4 Å². The summed E-state index contributed by atoms with van der Waals surface area (Å²) in [4.78, 5) is 0. The second kappa shape index (κ2) is 7.83. The van der Waals surface area contributed by atoms with Crippen LogP contribution in [0.15, 0.2) is 12.0 Å². The second-order valence-electron chi connectivity index (χ2n) is 1.03. The number of allylic oxidation sites excluding steroid dienone is 1. The molecule has 0 aliphatic carbocycles. The molecule has 0 aromatic carbocycles. The van der Waals surface area contributed by atoms with E-state index in [9.17, 15) is 5.11 Å². The van der Waals surface area contributed by atoms with Crippen molar-refractivity contribution in [2.75, 3.05) is 6.61 Å². The van der Waals surface area contributed by atoms with E-state index < -0.39 is 5.95 Å². The van der Waals surface area contributed by atoms with Gasteiger partial charge in [-0.15, -0.1) is 0 Å². The predicted molar refractivity (Wildman–Crippen MR) is 25.3 cm³/mol. The van der Waals surface area contributed by atoms with Crippen LogP contribution < -0.4 is 34.7 Å². The van der Waals surface area contributed by atoms with Crippen LogP contribution in [0.5, 0.6) is 0 Å². The van der Waals surface area contributed by atoms with E-state index in [1.54, 1.807) is 13.0 Å². The Labute approximate surface area is 76.2 Å². The Kier molecular flexibility index (Phi) is 10.1. The molecule has 4 heteroatoms. The zero-order chi connectivity index (χ0) is 6.41. The van der Waals surface area contributed by atoms with Crippen LogP contribution in [0, 0.1) is 11.3 Å². The van der Waals surface area contributed by atoms with Gasteiger partial charge in [0.25, 0.3) is 0 Å². The fraction of sp³-hybridized carbons (Fsp3) is 0.400. The summed E-state index contributed by atoms with van der Waals surface area (Å²) in [6, 6.07) is 1.55. The molecule has 0 aliphatic rings. The quantitative estimate of drug-likeness (QED) is 0.227. The van der Waals surface area contributed by atoms with E-state index in [2.05, 4.69) is 4.74 Å². The zero-order valence-corrected chi connectivity index (χ0v) is 7.55. The number of hydrogen-bond donors (Lipinski definition) is 0. The summed E-state index contributed by atoms with van der Waals surface area (Å²) < 4.78 is 4.37. The first kappa shape index (κ1) is 11.6. The van der Waals surface area contributed by atoms with Crippen LogP contribution in [0.4, 0.5) is 0 Å². The van der Waals surface area contributed by atoms with Gasteiger partial charge in [0.2, 0.25) is 0 Å². The van der Waals surface area contributed by atoms with Gasteiger partial charge in [-0.05, 0) is 6.61 Å². The van der Waals surface area contributed by atoms with Crippen molar-refractivity contribution in [1.82, 2.24) is 0 Å². The number of hydrogen-bond acceptors (Lipinski definition) is 3. The molecule has 0 saturated carbocycles. The first-order valence-corrected chi connectivity index (χ1v) is 2.20. The number of nitrogens with zero attached hydrogens (tertiary/aromatic N) is 1. The van der Waals surface area contributed by atoms with Gasteiger partial charge in [-0.3, -0.25) is 0 Å². The monoisotopic (exact) mass is 135 g/mol. The topological polar surface area (TPSA) is 56.1 Å². The third kappa shape index (κ3) is 7.83. The molecule has 44 valence electrons. The van der Waals surface area contributed by atoms with Gasteiger partial charge in [-0.2, -0.15) is 5.26 Å². The number of rotatable bonds is 2. The third-order valence-electron chi connectivity index (χ3n) is 0.469. The molecule has 3 nitrogen and oxygen atoms in total. The summed E-state index contributed by atoms with van der Waals surface area (Å²) in [7, 11) is 0. The van der Waals surface area contributed by atoms with E-state index in [4.69, 9.17) is 5.26 Å². The normalized spacial score (nSPS) is 9.11. The minimum atomic E-state index is -0.574. The fourth-order valence-electron chi connectivity index (χ4n) is 0.237. The molecule has 0 fully saturated rings. The predicted octanol–water partition coefficient (Wildman–Crippen LogP) is -3.25. The number of nitriles is 1. The first-order valence-electron chi connectivity index (χ1n) is 2.20. The van der Waals surface area contributed by atoms with Crippen LogP contribution in [-0.4, -0.2) is 6.61 Å². The van der Waals surface area contributed by atoms with Gasteiger partial charge in [0.05, 0.1) is 12.0 Å². The molecular formula is C5H6NNaO2. The molecular weight excluding hydrogens is 129 g/mol. The van der Waals surface area contributed by atoms with E-state index in [-0.39, 0.29) is 29.6 Å². The van der Waals surface area contributed by atoms with E-state index in [1.807, 2.05) is 0 Å². The molecule has 0 amide bonds. The zero-order valence-electron chi connectivity index (χ0n) is 5.55. The Morgan fingerprint density at radius 2 is 2.44 bits per heavy atom. The maximum absolute atomic E-state index is 10.1. The Balaban J connectivity index is 0. The van der Waals surface area contributed by atoms with Crippen LogP contribution in [0.1, 0.15) is 6.92 Å². The first-order chi connectivity index (χ1) is 3.81. The average molecular weight is 135 g/mol. The van der Waals surface area contributed by atoms with Gasteiger partial charge in [-0.1, -0.05) is 6.92 Å². The van der Waals surface area contributed by atoms with Crippen molar-refractivity contribution in [3.63, 3.8) is 0 Å². The van der Waals surface area contributed by atoms with Crippen molar-refractivity contribution in [2.24, 2.45) is 0 Å². The summed E-state index contributed by atoms with van der Waals surface area (Å²) in [6.07, 6.45) is 0.823. The van der Waals surface area contributed by atoms with Crippen LogP contribution in [0.3, 0.4) is 0 Å². The molecule has 0 radical (unpaired) electrons. The maximum Gasteiger partial charge on any atom is 1.00 e. The van der Waals surface area contributed by atoms with E-state index >= 15 is 0 Å². The van der Waals surface area contributed by atoms with Crippen molar-refractivity contribution in [3.05, 3.63) is 12.0 Å². The van der Waals surface area contributed by atoms with Crippen LogP contribution >= 0.6 is 0 Å². The molecule has 0 heterocycles. The average Bonchev–Trinajstić information content (AvgIpc) is 1.68. The summed E-state index contributed by atoms with van der Waals surface area (Å²) in [6.45, 7) is 2.00. The molecule has 0 aromatic heterocycles. The van der Waals surface area contributed by atoms with E-state index in [0.717, 1.165) is 6.08 Å². The molecule has 0 saturated heterocycles. The van der Waals surface area contributed by atoms with Gasteiger partial charge in [-0.25, -0.2) is 0 Å². The Hall–Kier alpha value is -0.170. The smallest absolute Gasteiger partial charge is 0.613 e. The number of ether oxygens (including phenoxy) is 1. The minimum Gasteiger partial charge on any atom is -0.613 e. The van der Waals surface area contributed by atoms with Gasteiger partial charge < -0.3 is 9.84 Å². The van der Waals surface area contributed by atoms with Crippen LogP contribution in [0.2, 0.25) is 0 Å². The largest absolute Gasteiger partial charge is 1.00 e. The van der Waals surface area contributed by atoms with Gasteiger partial charge in [0.15, 0.2) is 0 Å². The molecule has 0 N–H and O–H groups in total. The Morgan fingerprint density at radius 3 is 2.78 bits per heavy atom. The minimum absolute atomic E-state index is 0. The second-order valence-corrected chi connectivity index (χ2v) is 1.03. The summed E-state index contributed by atoms with van der Waals surface area (Å²) in [5, 5.41) is 18.0. The van der Waals surface area contributed by atoms with E-state index in [0.29, 0.717) is 6.61 Å². The maximum atomic E-state index is 10.1. The van der Waals surface area contributed by atoms with Crippen molar-refractivity contribution in [2.45, 2.75) is 6.92 Å². The molecule has 0 unspecified atom stereocenters. The van der Waals surface area contributed by atoms with Crippen LogP contribution in [-0.2, 0) is 4.74 Å². The standard InChI is InChI=1S/C5H7NO2.Na/c1-2-8-5(7)3-4-6;/h3,7H,2H2,1H3;/q;+1/p-1/b5-3+;. The fourth-order valence-corrected chi connectivity index (χ4v) is 0.237. The molecule has 0 aromatic rings. The summed E-state index contributed by atoms with van der Waals surface area (Å²) >= 11 is 0. The van der Waals surface area contributed by atoms with Crippen molar-refractivity contribution in [1.29, 1.82) is 5.26 Å². The molecule has 0 rings (SSSR count). The third-order valence-corrected chi connectivity index (χ3v) is 0.469. The Morgan fingerprint density at radius 1 is 1.89 bits per heavy atom. The van der Waals surface area contributed by atoms with E-state index in [1.165, 1.54) is 0 Å². The van der Waals surface area contributed by atoms with Gasteiger partial charge in [0.1, 0.15) is 0 Å². The molecule has 0 aliphatic heterocycles. The van der Waals surface area contributed by atoms with Crippen LogP contribution in [0.25, 0.3) is 0 Å². The van der Waals surface area contributed by atoms with Crippen molar-refractivity contribution in [3.8, 4) is 6.07 Å². The molecule has 0 bridgehead atoms. The molecule has 0 atom stereocenters.